The zero-order valence-electron chi connectivity index (χ0n) is 13.2. The van der Waals surface area contributed by atoms with Crippen molar-refractivity contribution in [3.8, 4) is 0 Å². The van der Waals surface area contributed by atoms with Crippen LogP contribution in [0.25, 0.3) is 0 Å². The lowest BCUT2D eigenvalue weighted by Gasteiger charge is -2.20. The highest BCUT2D eigenvalue weighted by Crippen LogP contribution is 2.01. The number of nitrogens with two attached hydrogens (primary N) is 1. The summed E-state index contributed by atoms with van der Waals surface area (Å²) < 4.78 is 0. The van der Waals surface area contributed by atoms with Crippen LogP contribution in [-0.2, 0) is 24.0 Å². The van der Waals surface area contributed by atoms with E-state index in [0.29, 0.717) is 0 Å². The van der Waals surface area contributed by atoms with Crippen molar-refractivity contribution in [1.82, 2.24) is 10.6 Å². The van der Waals surface area contributed by atoms with E-state index in [4.69, 9.17) is 21.1 Å². The second-order valence-corrected chi connectivity index (χ2v) is 5.48. The lowest BCUT2D eigenvalue weighted by molar-refractivity contribution is -0.143. The van der Waals surface area contributed by atoms with Gasteiger partial charge in [-0.05, 0) is 12.8 Å². The summed E-state index contributed by atoms with van der Waals surface area (Å²) in [5, 5.41) is 30.6. The smallest absolute Gasteiger partial charge is 0.326 e. The summed E-state index contributed by atoms with van der Waals surface area (Å²) in [4.78, 5) is 55.8. The van der Waals surface area contributed by atoms with Gasteiger partial charge in [0.25, 0.3) is 0 Å². The van der Waals surface area contributed by atoms with E-state index in [2.05, 4.69) is 23.3 Å². The van der Waals surface area contributed by atoms with Crippen LogP contribution in [0, 0.1) is 0 Å². The summed E-state index contributed by atoms with van der Waals surface area (Å²) in [7, 11) is 0. The molecule has 0 aromatic carbocycles. The molecule has 11 nitrogen and oxygen atoms in total. The fourth-order valence-electron chi connectivity index (χ4n) is 1.67. The monoisotopic (exact) mass is 379 g/mol. The van der Waals surface area contributed by atoms with Gasteiger partial charge in [0.05, 0.1) is 0 Å². The minimum Gasteiger partial charge on any atom is -0.481 e. The molecule has 0 spiro atoms. The van der Waals surface area contributed by atoms with Crippen molar-refractivity contribution < 1.29 is 39.3 Å². The molecule has 0 heterocycles. The van der Waals surface area contributed by atoms with Crippen LogP contribution in [0.2, 0.25) is 0 Å². The Bertz CT molecular complexity index is 527. The number of carbonyl (C=O) groups is 5. The Morgan fingerprint density at radius 3 is 1.92 bits per heavy atom. The SMILES string of the molecule is N[C@@H](CCC(=O)N[C@@H](CS)C(=O)N[C@@H](CCC(=O)O)C(=O)O)C(=O)O. The molecule has 0 fully saturated rings. The number of hydrogen-bond acceptors (Lipinski definition) is 7. The second-order valence-electron chi connectivity index (χ2n) is 5.12. The van der Waals surface area contributed by atoms with Crippen LogP contribution in [0.5, 0.6) is 0 Å². The number of hydrogen-bond donors (Lipinski definition) is 7. The van der Waals surface area contributed by atoms with Gasteiger partial charge in [0.15, 0.2) is 0 Å². The highest BCUT2D eigenvalue weighted by atomic mass is 32.1. The highest BCUT2D eigenvalue weighted by Gasteiger charge is 2.26. The summed E-state index contributed by atoms with van der Waals surface area (Å²) in [6.07, 6.45) is -1.16. The van der Waals surface area contributed by atoms with E-state index in [-0.39, 0.29) is 25.0 Å². The molecule has 142 valence electrons. The number of carbonyl (C=O) groups excluding carboxylic acids is 2. The molecule has 0 radical (unpaired) electrons. The summed E-state index contributed by atoms with van der Waals surface area (Å²) in [5.74, 6) is -5.53. The minimum atomic E-state index is -1.43. The van der Waals surface area contributed by atoms with Gasteiger partial charge in [-0.1, -0.05) is 0 Å². The van der Waals surface area contributed by atoms with Crippen molar-refractivity contribution in [2.24, 2.45) is 5.73 Å². The molecule has 7 N–H and O–H groups in total. The van der Waals surface area contributed by atoms with Gasteiger partial charge in [-0.25, -0.2) is 4.79 Å². The summed E-state index contributed by atoms with van der Waals surface area (Å²) in [5.41, 5.74) is 5.26. The van der Waals surface area contributed by atoms with Gasteiger partial charge in [-0.2, -0.15) is 12.6 Å². The number of nitrogens with one attached hydrogen (secondary N) is 2. The molecule has 3 atom stereocenters. The van der Waals surface area contributed by atoms with Crippen LogP contribution >= 0.6 is 12.6 Å². The number of carboxylic acids is 3. The summed E-state index contributed by atoms with van der Waals surface area (Å²) >= 11 is 3.89. The Morgan fingerprint density at radius 2 is 1.48 bits per heavy atom. The third-order valence-corrected chi connectivity index (χ3v) is 3.46. The number of rotatable bonds is 12. The first-order valence-electron chi connectivity index (χ1n) is 7.22. The fraction of sp³-hybridized carbons (Fsp3) is 0.615. The zero-order valence-corrected chi connectivity index (χ0v) is 14.1. The Labute approximate surface area is 148 Å². The third-order valence-electron chi connectivity index (χ3n) is 3.10. The van der Waals surface area contributed by atoms with E-state index >= 15 is 0 Å². The maximum atomic E-state index is 12.0. The van der Waals surface area contributed by atoms with Crippen molar-refractivity contribution in [1.29, 1.82) is 0 Å². The van der Waals surface area contributed by atoms with Crippen molar-refractivity contribution in [2.75, 3.05) is 5.75 Å². The molecular formula is C13H21N3O8S. The predicted octanol–water partition coefficient (Wildman–Crippen LogP) is -1.97. The Balaban J connectivity index is 4.61. The van der Waals surface area contributed by atoms with Crippen LogP contribution in [-0.4, -0.2) is 68.9 Å². The molecule has 2 amide bonds. The van der Waals surface area contributed by atoms with Gasteiger partial charge in [-0.15, -0.1) is 0 Å². The largest absolute Gasteiger partial charge is 0.481 e. The van der Waals surface area contributed by atoms with E-state index in [0.717, 1.165) is 0 Å². The fourth-order valence-corrected chi connectivity index (χ4v) is 1.93. The Kier molecular flexibility index (Phi) is 10.2. The quantitative estimate of drug-likeness (QED) is 0.188. The molecule has 0 saturated heterocycles. The van der Waals surface area contributed by atoms with Crippen LogP contribution in [0.3, 0.4) is 0 Å². The van der Waals surface area contributed by atoms with Crippen LogP contribution < -0.4 is 16.4 Å². The molecule has 0 aliphatic rings. The van der Waals surface area contributed by atoms with Crippen molar-refractivity contribution in [3.05, 3.63) is 0 Å². The van der Waals surface area contributed by atoms with Gasteiger partial charge in [0, 0.05) is 18.6 Å². The first-order chi connectivity index (χ1) is 11.6. The first kappa shape index (κ1) is 22.7. The van der Waals surface area contributed by atoms with E-state index in [9.17, 15) is 24.0 Å². The van der Waals surface area contributed by atoms with Gasteiger partial charge in [-0.3, -0.25) is 19.2 Å². The molecule has 0 aliphatic carbocycles. The van der Waals surface area contributed by atoms with Crippen molar-refractivity contribution >= 4 is 42.4 Å². The average Bonchev–Trinajstić information content (AvgIpc) is 2.53. The number of amides is 2. The standard InChI is InChI=1S/C13H21N3O8S/c14-6(12(21)22)1-3-9(17)15-8(5-25)11(20)16-7(13(23)24)2-4-10(18)19/h6-8,25H,1-5,14H2,(H,15,17)(H,16,20)(H,18,19)(H,21,22)(H,23,24)/t6-,7-,8-/m0/s1. The van der Waals surface area contributed by atoms with Crippen molar-refractivity contribution in [3.63, 3.8) is 0 Å². The molecule has 0 saturated carbocycles. The van der Waals surface area contributed by atoms with Crippen LogP contribution in [0.1, 0.15) is 25.7 Å². The highest BCUT2D eigenvalue weighted by molar-refractivity contribution is 7.80. The molecule has 0 aromatic heterocycles. The molecule has 0 bridgehead atoms. The number of aliphatic carboxylic acids is 3. The lowest BCUT2D eigenvalue weighted by Crippen LogP contribution is -2.52. The van der Waals surface area contributed by atoms with E-state index in [1.807, 2.05) is 0 Å². The molecule has 0 rings (SSSR count). The molecular weight excluding hydrogens is 358 g/mol. The number of carboxylic acid groups (broad SMARTS) is 3. The van der Waals surface area contributed by atoms with E-state index in [1.165, 1.54) is 0 Å². The topological polar surface area (TPSA) is 196 Å². The Morgan fingerprint density at radius 1 is 0.880 bits per heavy atom. The summed E-state index contributed by atoms with van der Waals surface area (Å²) in [6, 6.07) is -3.81. The van der Waals surface area contributed by atoms with Crippen LogP contribution in [0.15, 0.2) is 0 Å². The van der Waals surface area contributed by atoms with E-state index < -0.39 is 54.3 Å². The molecule has 12 heteroatoms. The number of thiol groups is 1. The maximum Gasteiger partial charge on any atom is 0.326 e. The second kappa shape index (κ2) is 11.3. The zero-order chi connectivity index (χ0) is 19.6. The minimum absolute atomic E-state index is 0.140. The van der Waals surface area contributed by atoms with Crippen LogP contribution in [0.4, 0.5) is 0 Å². The average molecular weight is 379 g/mol. The Hall–Kier alpha value is -2.34. The van der Waals surface area contributed by atoms with Gasteiger partial charge < -0.3 is 31.7 Å². The molecule has 0 aliphatic heterocycles. The molecule has 0 aromatic rings. The summed E-state index contributed by atoms with van der Waals surface area (Å²) in [6.45, 7) is 0. The van der Waals surface area contributed by atoms with Gasteiger partial charge >= 0.3 is 17.9 Å². The third kappa shape index (κ3) is 9.52. The first-order valence-corrected chi connectivity index (χ1v) is 7.85. The van der Waals surface area contributed by atoms with E-state index in [1.54, 1.807) is 0 Å². The lowest BCUT2D eigenvalue weighted by atomic mass is 10.1. The van der Waals surface area contributed by atoms with Gasteiger partial charge in [0.1, 0.15) is 18.1 Å². The van der Waals surface area contributed by atoms with Crippen molar-refractivity contribution in [2.45, 2.75) is 43.8 Å². The normalized spacial score (nSPS) is 14.0. The van der Waals surface area contributed by atoms with Gasteiger partial charge in [0.2, 0.25) is 11.8 Å². The molecule has 25 heavy (non-hydrogen) atoms. The maximum absolute atomic E-state index is 12.0. The molecule has 0 unspecified atom stereocenters. The predicted molar refractivity (Wildman–Crippen MR) is 87.1 cm³/mol.